The molecule has 1 fully saturated rings. The van der Waals surface area contributed by atoms with E-state index in [2.05, 4.69) is 27.9 Å². The van der Waals surface area contributed by atoms with Gasteiger partial charge in [0.25, 0.3) is 11.1 Å². The maximum atomic E-state index is 14.4. The number of halogens is 2. The molecule has 0 unspecified atom stereocenters. The van der Waals surface area contributed by atoms with E-state index in [1.54, 1.807) is 36.4 Å². The van der Waals surface area contributed by atoms with Gasteiger partial charge in [-0.1, -0.05) is 36.4 Å². The molecule has 1 aliphatic heterocycles. The minimum absolute atomic E-state index is 0.240. The van der Waals surface area contributed by atoms with Crippen molar-refractivity contribution >= 4 is 74.1 Å². The molecule has 3 aromatic carbocycles. The van der Waals surface area contributed by atoms with Gasteiger partial charge in [-0.3, -0.25) is 19.3 Å². The summed E-state index contributed by atoms with van der Waals surface area (Å²) in [5.41, 5.74) is 3.66. The first-order chi connectivity index (χ1) is 17.8. The number of nitrogens with zero attached hydrogens (tertiary/aromatic N) is 2. The van der Waals surface area contributed by atoms with Crippen LogP contribution in [-0.2, 0) is 16.1 Å². The third kappa shape index (κ3) is 5.19. The fourth-order valence-electron chi connectivity index (χ4n) is 4.29. The van der Waals surface area contributed by atoms with E-state index in [-0.39, 0.29) is 17.3 Å². The van der Waals surface area contributed by atoms with Crippen LogP contribution in [-0.4, -0.2) is 33.1 Å². The number of hydrogen-bond acceptors (Lipinski definition) is 4. The maximum Gasteiger partial charge on any atom is 0.294 e. The summed E-state index contributed by atoms with van der Waals surface area (Å²) in [7, 11) is 0. The molecule has 6 nitrogen and oxygen atoms in total. The highest BCUT2D eigenvalue weighted by molar-refractivity contribution is 14.1. The van der Waals surface area contributed by atoms with Crippen LogP contribution in [0.25, 0.3) is 17.0 Å². The number of rotatable bonds is 6. The van der Waals surface area contributed by atoms with E-state index in [0.29, 0.717) is 17.8 Å². The van der Waals surface area contributed by atoms with Crippen molar-refractivity contribution in [2.24, 2.45) is 0 Å². The molecule has 0 aliphatic carbocycles. The summed E-state index contributed by atoms with van der Waals surface area (Å²) in [6.07, 6.45) is 1.69. The third-order valence-electron chi connectivity index (χ3n) is 6.14. The monoisotopic (exact) mass is 625 g/mol. The Bertz CT molecular complexity index is 1580. The van der Waals surface area contributed by atoms with E-state index >= 15 is 0 Å². The SMILES string of the molecule is Cc1c(/C=C2\SC(=O)N(CC(=O)Nc3ccc(I)cc3)C2=O)c2ccccc2n1Cc1ccccc1F. The highest BCUT2D eigenvalue weighted by Crippen LogP contribution is 2.36. The van der Waals surface area contributed by atoms with Gasteiger partial charge >= 0.3 is 0 Å². The molecule has 2 heterocycles. The molecular formula is C28H21FIN3O3S. The molecule has 186 valence electrons. The maximum absolute atomic E-state index is 14.4. The predicted molar refractivity (Wildman–Crippen MR) is 153 cm³/mol. The third-order valence-corrected chi connectivity index (χ3v) is 7.77. The first-order valence-electron chi connectivity index (χ1n) is 11.4. The van der Waals surface area contributed by atoms with Crippen molar-refractivity contribution < 1.29 is 18.8 Å². The molecule has 9 heteroatoms. The zero-order valence-corrected chi connectivity index (χ0v) is 22.7. The summed E-state index contributed by atoms with van der Waals surface area (Å²) >= 11 is 2.97. The Balaban J connectivity index is 1.42. The van der Waals surface area contributed by atoms with Crippen molar-refractivity contribution in [2.45, 2.75) is 13.5 Å². The van der Waals surface area contributed by atoms with E-state index in [9.17, 15) is 18.8 Å². The summed E-state index contributed by atoms with van der Waals surface area (Å²) in [6.45, 7) is 1.86. The van der Waals surface area contributed by atoms with Gasteiger partial charge in [-0.05, 0) is 83.8 Å². The van der Waals surface area contributed by atoms with Gasteiger partial charge < -0.3 is 9.88 Å². The predicted octanol–water partition coefficient (Wildman–Crippen LogP) is 6.42. The molecular weight excluding hydrogens is 604 g/mol. The van der Waals surface area contributed by atoms with Crippen LogP contribution >= 0.6 is 34.4 Å². The van der Waals surface area contributed by atoms with Crippen molar-refractivity contribution in [3.63, 3.8) is 0 Å². The van der Waals surface area contributed by atoms with Crippen LogP contribution < -0.4 is 5.32 Å². The second kappa shape index (κ2) is 10.5. The van der Waals surface area contributed by atoms with Gasteiger partial charge in [-0.2, -0.15) is 0 Å². The number of amides is 3. The molecule has 0 radical (unpaired) electrons. The van der Waals surface area contributed by atoms with Gasteiger partial charge in [0.05, 0.1) is 11.4 Å². The molecule has 0 spiro atoms. The zero-order valence-electron chi connectivity index (χ0n) is 19.7. The van der Waals surface area contributed by atoms with Crippen molar-refractivity contribution in [1.82, 2.24) is 9.47 Å². The number of benzene rings is 3. The smallest absolute Gasteiger partial charge is 0.294 e. The largest absolute Gasteiger partial charge is 0.340 e. The van der Waals surface area contributed by atoms with E-state index in [0.717, 1.165) is 42.4 Å². The van der Waals surface area contributed by atoms with Crippen LogP contribution in [0.2, 0.25) is 0 Å². The normalized spacial score (nSPS) is 14.7. The second-order valence-corrected chi connectivity index (χ2v) is 10.8. The highest BCUT2D eigenvalue weighted by atomic mass is 127. The van der Waals surface area contributed by atoms with Gasteiger partial charge in [-0.25, -0.2) is 4.39 Å². The number of aromatic nitrogens is 1. The zero-order chi connectivity index (χ0) is 26.1. The molecule has 1 aliphatic rings. The summed E-state index contributed by atoms with van der Waals surface area (Å²) < 4.78 is 17.4. The topological polar surface area (TPSA) is 71.4 Å². The Hall–Kier alpha value is -3.44. The molecule has 0 atom stereocenters. The Morgan fingerprint density at radius 1 is 1.03 bits per heavy atom. The molecule has 1 aromatic heterocycles. The average molecular weight is 625 g/mol. The van der Waals surface area contributed by atoms with Crippen LogP contribution in [0.1, 0.15) is 16.8 Å². The first kappa shape index (κ1) is 25.2. The lowest BCUT2D eigenvalue weighted by atomic mass is 10.1. The molecule has 3 amide bonds. The number of carbonyl (C=O) groups excluding carboxylic acids is 3. The van der Waals surface area contributed by atoms with Crippen LogP contribution in [0.5, 0.6) is 0 Å². The van der Waals surface area contributed by atoms with Gasteiger partial charge in [0.2, 0.25) is 5.91 Å². The van der Waals surface area contributed by atoms with Crippen LogP contribution in [0.4, 0.5) is 14.9 Å². The van der Waals surface area contributed by atoms with Gasteiger partial charge in [-0.15, -0.1) is 0 Å². The standard InChI is InChI=1S/C28H21FIN3O3S/c1-17-22(21-7-3-5-9-24(21)32(17)15-18-6-2-4-8-23(18)29)14-25-27(35)33(28(36)37-25)16-26(34)31-20-12-10-19(30)11-13-20/h2-14H,15-16H2,1H3,(H,31,34)/b25-14-. The Morgan fingerprint density at radius 2 is 1.73 bits per heavy atom. The number of fused-ring (bicyclic) bond motifs is 1. The summed E-state index contributed by atoms with van der Waals surface area (Å²) in [4.78, 5) is 39.5. The van der Waals surface area contributed by atoms with Gasteiger partial charge in [0.15, 0.2) is 0 Å². The number of imide groups is 1. The first-order valence-corrected chi connectivity index (χ1v) is 13.3. The molecule has 4 aromatic rings. The molecule has 37 heavy (non-hydrogen) atoms. The van der Waals surface area contributed by atoms with E-state index < -0.39 is 17.1 Å². The van der Waals surface area contributed by atoms with Gasteiger partial charge in [0.1, 0.15) is 12.4 Å². The number of thioether (sulfide) groups is 1. The number of hydrogen-bond donors (Lipinski definition) is 1. The number of para-hydroxylation sites is 1. The highest BCUT2D eigenvalue weighted by Gasteiger charge is 2.36. The lowest BCUT2D eigenvalue weighted by Gasteiger charge is -2.12. The summed E-state index contributed by atoms with van der Waals surface area (Å²) in [5, 5.41) is 3.11. The van der Waals surface area contributed by atoms with E-state index in [1.807, 2.05) is 47.9 Å². The lowest BCUT2D eigenvalue weighted by molar-refractivity contribution is -0.127. The Labute approximate surface area is 230 Å². The number of nitrogens with one attached hydrogen (secondary N) is 1. The van der Waals surface area contributed by atoms with Crippen LogP contribution in [0, 0.1) is 16.3 Å². The van der Waals surface area contributed by atoms with Crippen LogP contribution in [0.15, 0.2) is 77.7 Å². The van der Waals surface area contributed by atoms with E-state index in [1.165, 1.54) is 6.07 Å². The summed E-state index contributed by atoms with van der Waals surface area (Å²) in [5.74, 6) is -1.26. The fraction of sp³-hybridized carbons (Fsp3) is 0.107. The minimum Gasteiger partial charge on any atom is -0.340 e. The van der Waals surface area contributed by atoms with Crippen LogP contribution in [0.3, 0.4) is 0 Å². The minimum atomic E-state index is -0.516. The average Bonchev–Trinajstić information content (AvgIpc) is 3.30. The van der Waals surface area contributed by atoms with Crippen molar-refractivity contribution in [3.8, 4) is 0 Å². The van der Waals surface area contributed by atoms with Gasteiger partial charge in [0, 0.05) is 37.0 Å². The Kier molecular flexibility index (Phi) is 7.16. The fourth-order valence-corrected chi connectivity index (χ4v) is 5.47. The molecule has 1 saturated heterocycles. The van der Waals surface area contributed by atoms with Crippen molar-refractivity contribution in [2.75, 3.05) is 11.9 Å². The Morgan fingerprint density at radius 3 is 2.49 bits per heavy atom. The lowest BCUT2D eigenvalue weighted by Crippen LogP contribution is -2.36. The molecule has 0 bridgehead atoms. The number of anilines is 1. The quantitative estimate of drug-likeness (QED) is 0.199. The van der Waals surface area contributed by atoms with Crippen molar-refractivity contribution in [3.05, 3.63) is 104 Å². The molecule has 1 N–H and O–H groups in total. The second-order valence-electron chi connectivity index (χ2n) is 8.52. The van der Waals surface area contributed by atoms with Crippen molar-refractivity contribution in [1.29, 1.82) is 0 Å². The number of carbonyl (C=O) groups is 3. The molecule has 5 rings (SSSR count). The molecule has 0 saturated carbocycles. The summed E-state index contributed by atoms with van der Waals surface area (Å²) in [6, 6.07) is 21.5. The van der Waals surface area contributed by atoms with E-state index in [4.69, 9.17) is 0 Å².